The number of nitrogens with one attached hydrogen (secondary N) is 3. The second kappa shape index (κ2) is 9.75. The van der Waals surface area contributed by atoms with Gasteiger partial charge >= 0.3 is 6.03 Å². The number of hydrogen-bond donors (Lipinski definition) is 3. The Morgan fingerprint density at radius 3 is 2.42 bits per heavy atom. The van der Waals surface area contributed by atoms with Crippen molar-refractivity contribution in [1.29, 1.82) is 0 Å². The molecule has 178 valence electrons. The van der Waals surface area contributed by atoms with E-state index in [0.717, 1.165) is 18.1 Å². The number of hydrogen-bond acceptors (Lipinski definition) is 6. The molecule has 3 amide bonds. The molecule has 1 saturated heterocycles. The van der Waals surface area contributed by atoms with Gasteiger partial charge in [0.25, 0.3) is 15.9 Å². The third-order valence-electron chi connectivity index (χ3n) is 5.48. The number of benzene rings is 2. The van der Waals surface area contributed by atoms with Crippen molar-refractivity contribution in [2.45, 2.75) is 37.1 Å². The predicted molar refractivity (Wildman–Crippen MR) is 120 cm³/mol. The molecule has 2 aromatic carbocycles. The summed E-state index contributed by atoms with van der Waals surface area (Å²) in [7, 11) is -2.64. The number of amides is 3. The zero-order chi connectivity index (χ0) is 24.2. The highest BCUT2D eigenvalue weighted by atomic mass is 32.2. The Morgan fingerprint density at radius 1 is 1.15 bits per heavy atom. The maximum absolute atomic E-state index is 13.4. The zero-order valence-electron chi connectivity index (χ0n) is 18.6. The first-order valence-corrected chi connectivity index (χ1v) is 11.8. The number of carbonyl (C=O) groups is 2. The summed E-state index contributed by atoms with van der Waals surface area (Å²) in [6.45, 7) is 4.79. The van der Waals surface area contributed by atoms with Gasteiger partial charge in [-0.2, -0.15) is 0 Å². The molecule has 0 radical (unpaired) electrons. The van der Waals surface area contributed by atoms with Crippen molar-refractivity contribution in [3.63, 3.8) is 0 Å². The molecule has 9 nitrogen and oxygen atoms in total. The van der Waals surface area contributed by atoms with Crippen molar-refractivity contribution in [3.05, 3.63) is 59.4 Å². The maximum Gasteiger partial charge on any atom is 0.343 e. The van der Waals surface area contributed by atoms with E-state index in [1.54, 1.807) is 17.1 Å². The lowest BCUT2D eigenvalue weighted by Gasteiger charge is -2.47. The van der Waals surface area contributed by atoms with Crippen molar-refractivity contribution in [2.24, 2.45) is 0 Å². The lowest BCUT2D eigenvalue weighted by Crippen LogP contribution is -2.64. The first kappa shape index (κ1) is 24.5. The SMILES string of the molecule is COc1ccc(F)cc1C(=O)NCCc1ccc(S(=O)(=O)NC(=O)NN2CCC2(C)C)cc1. The molecule has 0 aromatic heterocycles. The molecule has 3 N–H and O–H groups in total. The fourth-order valence-corrected chi connectivity index (χ4v) is 4.21. The van der Waals surface area contributed by atoms with Crippen molar-refractivity contribution in [3.8, 4) is 5.75 Å². The standard InChI is InChI=1S/C22H27FN4O5S/c1-22(2)11-13-27(22)25-21(29)26-33(30,31)17-7-4-15(5-8-17)10-12-24-20(28)18-14-16(23)6-9-19(18)32-3/h4-9,14H,10-13H2,1-3H3,(H,24,28)(H2,25,26,29). The number of carbonyl (C=O) groups excluding carboxylic acids is 2. The van der Waals surface area contributed by atoms with E-state index in [-0.39, 0.29) is 28.3 Å². The monoisotopic (exact) mass is 478 g/mol. The number of urea groups is 1. The van der Waals surface area contributed by atoms with E-state index in [0.29, 0.717) is 13.0 Å². The molecule has 1 fully saturated rings. The number of sulfonamides is 1. The van der Waals surface area contributed by atoms with E-state index in [4.69, 9.17) is 4.74 Å². The van der Waals surface area contributed by atoms with Crippen LogP contribution in [0.5, 0.6) is 5.75 Å². The van der Waals surface area contributed by atoms with Crippen molar-refractivity contribution >= 4 is 22.0 Å². The van der Waals surface area contributed by atoms with Crippen LogP contribution in [0.1, 0.15) is 36.2 Å². The van der Waals surface area contributed by atoms with Gasteiger partial charge in [-0.1, -0.05) is 12.1 Å². The Bertz CT molecular complexity index is 1140. The van der Waals surface area contributed by atoms with E-state index < -0.39 is 27.8 Å². The molecule has 33 heavy (non-hydrogen) atoms. The molecule has 0 atom stereocenters. The van der Waals surface area contributed by atoms with Gasteiger partial charge in [0.05, 0.1) is 17.6 Å². The first-order chi connectivity index (χ1) is 15.5. The molecular formula is C22H27FN4O5S. The molecule has 0 spiro atoms. The minimum atomic E-state index is -4.03. The predicted octanol–water partition coefficient (Wildman–Crippen LogP) is 2.19. The van der Waals surface area contributed by atoms with Crippen molar-refractivity contribution in [2.75, 3.05) is 20.2 Å². The van der Waals surface area contributed by atoms with Gasteiger partial charge < -0.3 is 10.1 Å². The smallest absolute Gasteiger partial charge is 0.343 e. The van der Waals surface area contributed by atoms with Crippen molar-refractivity contribution in [1.82, 2.24) is 20.5 Å². The fraction of sp³-hybridized carbons (Fsp3) is 0.364. The molecule has 1 heterocycles. The number of methoxy groups -OCH3 is 1. The normalized spacial score (nSPS) is 15.3. The Kier molecular flexibility index (Phi) is 7.23. The molecule has 0 unspecified atom stereocenters. The molecular weight excluding hydrogens is 451 g/mol. The average Bonchev–Trinajstić information content (AvgIpc) is 2.76. The largest absolute Gasteiger partial charge is 0.496 e. The summed E-state index contributed by atoms with van der Waals surface area (Å²) in [4.78, 5) is 24.3. The van der Waals surface area contributed by atoms with E-state index in [9.17, 15) is 22.4 Å². The van der Waals surface area contributed by atoms with E-state index in [1.807, 2.05) is 18.6 Å². The van der Waals surface area contributed by atoms with Gasteiger partial charge in [0.15, 0.2) is 0 Å². The van der Waals surface area contributed by atoms with Gasteiger partial charge in [0.1, 0.15) is 11.6 Å². The van der Waals surface area contributed by atoms with Crippen LogP contribution in [0.4, 0.5) is 9.18 Å². The van der Waals surface area contributed by atoms with Gasteiger partial charge in [-0.25, -0.2) is 27.3 Å². The van der Waals surface area contributed by atoms with Crippen LogP contribution in [0.25, 0.3) is 0 Å². The summed E-state index contributed by atoms with van der Waals surface area (Å²) in [6.07, 6.45) is 1.32. The van der Waals surface area contributed by atoms with Crippen LogP contribution in [0.2, 0.25) is 0 Å². The summed E-state index contributed by atoms with van der Waals surface area (Å²) in [6, 6.07) is 8.82. The third kappa shape index (κ3) is 5.99. The minimum absolute atomic E-state index is 0.0576. The summed E-state index contributed by atoms with van der Waals surface area (Å²) < 4.78 is 45.4. The van der Waals surface area contributed by atoms with Crippen LogP contribution < -0.4 is 20.2 Å². The van der Waals surface area contributed by atoms with Crippen molar-refractivity contribution < 1.29 is 27.1 Å². The van der Waals surface area contributed by atoms with Crippen LogP contribution in [0, 0.1) is 5.82 Å². The average molecular weight is 479 g/mol. The summed E-state index contributed by atoms with van der Waals surface area (Å²) >= 11 is 0. The molecule has 0 aliphatic carbocycles. The fourth-order valence-electron chi connectivity index (χ4n) is 3.31. The Balaban J connectivity index is 1.53. The molecule has 1 aliphatic rings. The minimum Gasteiger partial charge on any atom is -0.496 e. The number of hydrazine groups is 1. The van der Waals surface area contributed by atoms with Crippen LogP contribution in [0.3, 0.4) is 0 Å². The molecule has 11 heteroatoms. The Hall–Kier alpha value is -3.18. The number of nitrogens with zero attached hydrogens (tertiary/aromatic N) is 1. The Morgan fingerprint density at radius 2 is 1.85 bits per heavy atom. The second-order valence-corrected chi connectivity index (χ2v) is 9.94. The van der Waals surface area contributed by atoms with E-state index >= 15 is 0 Å². The van der Waals surface area contributed by atoms with Gasteiger partial charge in [-0.3, -0.25) is 10.2 Å². The quantitative estimate of drug-likeness (QED) is 0.536. The molecule has 2 aromatic rings. The number of rotatable bonds is 8. The number of halogens is 1. The van der Waals surface area contributed by atoms with Crippen LogP contribution >= 0.6 is 0 Å². The Labute approximate surface area is 192 Å². The lowest BCUT2D eigenvalue weighted by atomic mass is 9.92. The molecule has 3 rings (SSSR count). The molecule has 0 bridgehead atoms. The van der Waals surface area contributed by atoms with Crippen LogP contribution in [-0.4, -0.2) is 51.1 Å². The second-order valence-electron chi connectivity index (χ2n) is 8.25. The van der Waals surface area contributed by atoms with Gasteiger partial charge in [0.2, 0.25) is 0 Å². The highest BCUT2D eigenvalue weighted by Gasteiger charge is 2.37. The number of ether oxygens (including phenoxy) is 1. The first-order valence-electron chi connectivity index (χ1n) is 10.3. The van der Waals surface area contributed by atoms with Crippen LogP contribution in [0.15, 0.2) is 47.4 Å². The van der Waals surface area contributed by atoms with E-state index in [2.05, 4.69) is 10.7 Å². The zero-order valence-corrected chi connectivity index (χ0v) is 19.5. The van der Waals surface area contributed by atoms with E-state index in [1.165, 1.54) is 31.4 Å². The lowest BCUT2D eigenvalue weighted by molar-refractivity contribution is -0.0190. The topological polar surface area (TPSA) is 117 Å². The highest BCUT2D eigenvalue weighted by molar-refractivity contribution is 7.90. The molecule has 1 aliphatic heterocycles. The van der Waals surface area contributed by atoms with Gasteiger partial charge in [-0.05, 0) is 62.6 Å². The van der Waals surface area contributed by atoms with Crippen LogP contribution in [-0.2, 0) is 16.4 Å². The third-order valence-corrected chi connectivity index (χ3v) is 6.83. The summed E-state index contributed by atoms with van der Waals surface area (Å²) in [5, 5.41) is 4.36. The summed E-state index contributed by atoms with van der Waals surface area (Å²) in [5.41, 5.74) is 3.19. The summed E-state index contributed by atoms with van der Waals surface area (Å²) in [5.74, 6) is -0.766. The van der Waals surface area contributed by atoms with Gasteiger partial charge in [0, 0.05) is 18.6 Å². The van der Waals surface area contributed by atoms with Gasteiger partial charge in [-0.15, -0.1) is 0 Å². The highest BCUT2D eigenvalue weighted by Crippen LogP contribution is 2.26. The molecule has 0 saturated carbocycles. The maximum atomic E-state index is 13.4.